The molecule has 0 unspecified atom stereocenters. The average Bonchev–Trinajstić information content (AvgIpc) is 2.60. The van der Waals surface area contributed by atoms with Gasteiger partial charge in [0.2, 0.25) is 0 Å². The second-order valence-electron chi connectivity index (χ2n) is 5.44. The minimum atomic E-state index is 0.773. The summed E-state index contributed by atoms with van der Waals surface area (Å²) in [6, 6.07) is 10.5. The number of anilines is 1. The molecule has 0 aromatic heterocycles. The van der Waals surface area contributed by atoms with Crippen LogP contribution in [-0.4, -0.2) is 27.2 Å². The molecule has 0 bridgehead atoms. The summed E-state index contributed by atoms with van der Waals surface area (Å²) >= 11 is 1.81. The van der Waals surface area contributed by atoms with Crippen molar-refractivity contribution in [3.8, 4) is 17.2 Å². The molecule has 1 aliphatic rings. The molecule has 0 N–H and O–H groups in total. The first-order chi connectivity index (χ1) is 11.2. The van der Waals surface area contributed by atoms with E-state index >= 15 is 0 Å². The van der Waals surface area contributed by atoms with E-state index in [9.17, 15) is 0 Å². The highest BCUT2D eigenvalue weighted by Gasteiger charge is 2.20. The summed E-state index contributed by atoms with van der Waals surface area (Å²) in [5.74, 6) is 3.37. The average molecular weight is 331 g/mol. The monoisotopic (exact) mass is 331 g/mol. The van der Waals surface area contributed by atoms with Crippen LogP contribution in [0.25, 0.3) is 0 Å². The molecule has 23 heavy (non-hydrogen) atoms. The van der Waals surface area contributed by atoms with Crippen molar-refractivity contribution < 1.29 is 14.2 Å². The van der Waals surface area contributed by atoms with Crippen LogP contribution in [0.3, 0.4) is 0 Å². The third kappa shape index (κ3) is 3.06. The summed E-state index contributed by atoms with van der Waals surface area (Å²) in [4.78, 5) is 3.58. The SMILES string of the molecule is COc1cc(N2CSc3cc(OC)c(OC)cc3C2)ccc1C. The zero-order chi connectivity index (χ0) is 16.4. The van der Waals surface area contributed by atoms with Gasteiger partial charge in [0, 0.05) is 23.2 Å². The predicted octanol–water partition coefficient (Wildman–Crippen LogP) is 4.09. The zero-order valence-electron chi connectivity index (χ0n) is 13.9. The number of ether oxygens (including phenoxy) is 3. The highest BCUT2D eigenvalue weighted by Crippen LogP contribution is 2.40. The lowest BCUT2D eigenvalue weighted by Gasteiger charge is -2.31. The first-order valence-electron chi connectivity index (χ1n) is 7.43. The Labute approximate surface area is 141 Å². The van der Waals surface area contributed by atoms with Crippen LogP contribution in [0.5, 0.6) is 17.2 Å². The lowest BCUT2D eigenvalue weighted by atomic mass is 10.1. The molecule has 0 fully saturated rings. The maximum Gasteiger partial charge on any atom is 0.161 e. The summed E-state index contributed by atoms with van der Waals surface area (Å²) in [6.45, 7) is 2.90. The fourth-order valence-corrected chi connectivity index (χ4v) is 3.76. The number of aryl methyl sites for hydroxylation is 1. The van der Waals surface area contributed by atoms with Crippen LogP contribution < -0.4 is 19.1 Å². The molecule has 5 heteroatoms. The molecule has 0 saturated carbocycles. The van der Waals surface area contributed by atoms with Crippen LogP contribution >= 0.6 is 11.8 Å². The number of hydrogen-bond acceptors (Lipinski definition) is 5. The van der Waals surface area contributed by atoms with E-state index in [0.717, 1.165) is 35.2 Å². The van der Waals surface area contributed by atoms with Crippen molar-refractivity contribution in [2.24, 2.45) is 0 Å². The van der Waals surface area contributed by atoms with Gasteiger partial charge in [-0.2, -0.15) is 0 Å². The van der Waals surface area contributed by atoms with Crippen molar-refractivity contribution in [2.75, 3.05) is 32.1 Å². The van der Waals surface area contributed by atoms with Crippen LogP contribution in [-0.2, 0) is 6.54 Å². The van der Waals surface area contributed by atoms with E-state index in [2.05, 4.69) is 42.2 Å². The minimum Gasteiger partial charge on any atom is -0.496 e. The maximum atomic E-state index is 5.44. The Morgan fingerprint density at radius 1 is 0.913 bits per heavy atom. The molecule has 0 atom stereocenters. The summed E-state index contributed by atoms with van der Waals surface area (Å²) in [5.41, 5.74) is 3.56. The van der Waals surface area contributed by atoms with Gasteiger partial charge in [0.05, 0.1) is 27.2 Å². The number of benzene rings is 2. The Balaban J connectivity index is 1.90. The van der Waals surface area contributed by atoms with Crippen molar-refractivity contribution in [3.05, 3.63) is 41.5 Å². The molecule has 1 aliphatic heterocycles. The molecule has 122 valence electrons. The van der Waals surface area contributed by atoms with E-state index in [4.69, 9.17) is 14.2 Å². The van der Waals surface area contributed by atoms with Crippen molar-refractivity contribution >= 4 is 17.4 Å². The number of thioether (sulfide) groups is 1. The minimum absolute atomic E-state index is 0.773. The van der Waals surface area contributed by atoms with Gasteiger partial charge < -0.3 is 19.1 Å². The number of rotatable bonds is 4. The predicted molar refractivity (Wildman–Crippen MR) is 94.2 cm³/mol. The van der Waals surface area contributed by atoms with E-state index in [0.29, 0.717) is 0 Å². The quantitative estimate of drug-likeness (QED) is 0.842. The third-order valence-corrected chi connectivity index (χ3v) is 5.19. The summed E-state index contributed by atoms with van der Waals surface area (Å²) in [5, 5.41) is 0. The van der Waals surface area contributed by atoms with E-state index in [1.54, 1.807) is 21.3 Å². The van der Waals surface area contributed by atoms with E-state index in [1.165, 1.54) is 16.1 Å². The molecule has 0 radical (unpaired) electrons. The number of methoxy groups -OCH3 is 3. The largest absolute Gasteiger partial charge is 0.496 e. The zero-order valence-corrected chi connectivity index (χ0v) is 14.7. The molecular weight excluding hydrogens is 310 g/mol. The molecule has 2 aromatic rings. The normalized spacial score (nSPS) is 13.5. The van der Waals surface area contributed by atoms with Crippen molar-refractivity contribution in [1.82, 2.24) is 0 Å². The number of fused-ring (bicyclic) bond motifs is 1. The Hall–Kier alpha value is -2.01. The number of nitrogens with zero attached hydrogens (tertiary/aromatic N) is 1. The Morgan fingerprint density at radius 3 is 2.30 bits per heavy atom. The molecule has 0 amide bonds. The fourth-order valence-electron chi connectivity index (χ4n) is 2.73. The van der Waals surface area contributed by atoms with Gasteiger partial charge in [-0.25, -0.2) is 0 Å². The molecule has 3 rings (SSSR count). The molecule has 0 saturated heterocycles. The molecule has 2 aromatic carbocycles. The summed E-state index contributed by atoms with van der Waals surface area (Å²) < 4.78 is 16.3. The van der Waals surface area contributed by atoms with E-state index < -0.39 is 0 Å². The van der Waals surface area contributed by atoms with Gasteiger partial charge in [-0.05, 0) is 36.2 Å². The van der Waals surface area contributed by atoms with Crippen LogP contribution in [0.1, 0.15) is 11.1 Å². The van der Waals surface area contributed by atoms with Crippen LogP contribution in [0.4, 0.5) is 5.69 Å². The second kappa shape index (κ2) is 6.62. The van der Waals surface area contributed by atoms with Gasteiger partial charge in [-0.15, -0.1) is 11.8 Å². The van der Waals surface area contributed by atoms with Crippen molar-refractivity contribution in [1.29, 1.82) is 0 Å². The van der Waals surface area contributed by atoms with E-state index in [-0.39, 0.29) is 0 Å². The van der Waals surface area contributed by atoms with Gasteiger partial charge in [-0.3, -0.25) is 0 Å². The third-order valence-electron chi connectivity index (χ3n) is 4.06. The summed E-state index contributed by atoms with van der Waals surface area (Å²) in [6.07, 6.45) is 0. The van der Waals surface area contributed by atoms with Crippen LogP contribution in [0.2, 0.25) is 0 Å². The first kappa shape index (κ1) is 15.9. The molecular formula is C18H21NO3S. The highest BCUT2D eigenvalue weighted by molar-refractivity contribution is 7.99. The maximum absolute atomic E-state index is 5.44. The van der Waals surface area contributed by atoms with Gasteiger partial charge in [0.1, 0.15) is 5.75 Å². The Kier molecular flexibility index (Phi) is 4.57. The Bertz CT molecular complexity index is 718. The van der Waals surface area contributed by atoms with Gasteiger partial charge in [-0.1, -0.05) is 6.07 Å². The van der Waals surface area contributed by atoms with E-state index in [1.807, 2.05) is 11.8 Å². The van der Waals surface area contributed by atoms with Gasteiger partial charge in [0.15, 0.2) is 11.5 Å². The van der Waals surface area contributed by atoms with Crippen LogP contribution in [0.15, 0.2) is 35.2 Å². The fraction of sp³-hybridized carbons (Fsp3) is 0.333. The standard InChI is InChI=1S/C18H21NO3S/c1-12-5-6-14(8-15(12)20-2)19-10-13-7-16(21-3)17(22-4)9-18(13)23-11-19/h5-9H,10-11H2,1-4H3. The van der Waals surface area contributed by atoms with Gasteiger partial charge in [0.25, 0.3) is 0 Å². The first-order valence-corrected chi connectivity index (χ1v) is 8.42. The van der Waals surface area contributed by atoms with Gasteiger partial charge >= 0.3 is 0 Å². The number of hydrogen-bond donors (Lipinski definition) is 0. The topological polar surface area (TPSA) is 30.9 Å². The molecule has 0 spiro atoms. The van der Waals surface area contributed by atoms with Crippen LogP contribution in [0, 0.1) is 6.92 Å². The molecule has 0 aliphatic carbocycles. The summed E-state index contributed by atoms with van der Waals surface area (Å²) in [7, 11) is 5.05. The second-order valence-corrected chi connectivity index (χ2v) is 6.43. The van der Waals surface area contributed by atoms with Crippen molar-refractivity contribution in [3.63, 3.8) is 0 Å². The lowest BCUT2D eigenvalue weighted by molar-refractivity contribution is 0.353. The Morgan fingerprint density at radius 2 is 1.61 bits per heavy atom. The lowest BCUT2D eigenvalue weighted by Crippen LogP contribution is -2.25. The molecule has 1 heterocycles. The smallest absolute Gasteiger partial charge is 0.161 e. The highest BCUT2D eigenvalue weighted by atomic mass is 32.2. The molecule has 4 nitrogen and oxygen atoms in total. The van der Waals surface area contributed by atoms with Crippen molar-refractivity contribution in [2.45, 2.75) is 18.4 Å².